The van der Waals surface area contributed by atoms with E-state index in [0.29, 0.717) is 0 Å². The smallest absolute Gasteiger partial charge is 0.159 e. The lowest BCUT2D eigenvalue weighted by atomic mass is 10.3. The van der Waals surface area contributed by atoms with Crippen LogP contribution in [0.15, 0.2) is 12.4 Å². The first kappa shape index (κ1) is 9.43. The van der Waals surface area contributed by atoms with Gasteiger partial charge < -0.3 is 5.32 Å². The molecule has 1 aliphatic rings. The zero-order valence-electron chi connectivity index (χ0n) is 7.82. The van der Waals surface area contributed by atoms with Crippen LogP contribution in [0.3, 0.4) is 0 Å². The molecule has 0 atom stereocenters. The zero-order valence-corrected chi connectivity index (χ0v) is 8.64. The molecule has 5 heteroatoms. The molecule has 3 heterocycles. The summed E-state index contributed by atoms with van der Waals surface area (Å²) < 4.78 is 1.88. The third-order valence-corrected chi connectivity index (χ3v) is 2.37. The largest absolute Gasteiger partial charge is 0.307 e. The zero-order chi connectivity index (χ0) is 8.84. The molecular formula is C9H11ClN4. The predicted molar refractivity (Wildman–Crippen MR) is 55.5 cm³/mol. The van der Waals surface area contributed by atoms with E-state index in [1.165, 1.54) is 5.56 Å². The van der Waals surface area contributed by atoms with E-state index in [1.807, 2.05) is 23.8 Å². The molecule has 0 amide bonds. The topological polar surface area (TPSA) is 42.2 Å². The van der Waals surface area contributed by atoms with Crippen LogP contribution in [-0.4, -0.2) is 14.6 Å². The van der Waals surface area contributed by atoms with Crippen molar-refractivity contribution in [3.63, 3.8) is 0 Å². The number of halogens is 1. The second-order valence-corrected chi connectivity index (χ2v) is 3.43. The number of nitrogens with one attached hydrogen (secondary N) is 1. The van der Waals surface area contributed by atoms with E-state index in [2.05, 4.69) is 15.4 Å². The summed E-state index contributed by atoms with van der Waals surface area (Å²) in [6.07, 6.45) is 3.90. The molecule has 4 nitrogen and oxygen atoms in total. The summed E-state index contributed by atoms with van der Waals surface area (Å²) in [4.78, 5) is 4.37. The van der Waals surface area contributed by atoms with Crippen LogP contribution in [0.25, 0.3) is 5.65 Å². The quantitative estimate of drug-likeness (QED) is 0.707. The number of hydrogen-bond donors (Lipinski definition) is 1. The predicted octanol–water partition coefficient (Wildman–Crippen LogP) is 1.06. The highest BCUT2D eigenvalue weighted by Gasteiger charge is 2.17. The molecule has 14 heavy (non-hydrogen) atoms. The van der Waals surface area contributed by atoms with Crippen molar-refractivity contribution in [1.82, 2.24) is 19.9 Å². The molecule has 74 valence electrons. The summed E-state index contributed by atoms with van der Waals surface area (Å²) in [6.45, 7) is 3.80. The number of hydrogen-bond acceptors (Lipinski definition) is 3. The molecule has 0 bridgehead atoms. The fraction of sp³-hybridized carbons (Fsp3) is 0.333. The standard InChI is InChI=1S/C9H10N4.ClH/c1-6-2-11-9-7-3-10-4-8(7)12-13(9)5-6;/h2,5,10H,3-4H2,1H3;1H. The SMILES string of the molecule is Cc1cnc2c3c(nn2c1)CNC3.Cl. The molecule has 0 radical (unpaired) electrons. The Morgan fingerprint density at radius 3 is 3.14 bits per heavy atom. The molecule has 1 N–H and O–H groups in total. The van der Waals surface area contributed by atoms with Gasteiger partial charge in [0.1, 0.15) is 0 Å². The maximum absolute atomic E-state index is 4.45. The Morgan fingerprint density at radius 1 is 1.43 bits per heavy atom. The van der Waals surface area contributed by atoms with Crippen molar-refractivity contribution >= 4 is 18.1 Å². The number of fused-ring (bicyclic) bond motifs is 3. The van der Waals surface area contributed by atoms with Crippen molar-refractivity contribution < 1.29 is 0 Å². The molecule has 1 aliphatic heterocycles. The van der Waals surface area contributed by atoms with Gasteiger partial charge in [0.2, 0.25) is 0 Å². The highest BCUT2D eigenvalue weighted by atomic mass is 35.5. The Morgan fingerprint density at radius 2 is 2.29 bits per heavy atom. The number of aryl methyl sites for hydroxylation is 1. The Balaban J connectivity index is 0.000000750. The average Bonchev–Trinajstić information content (AvgIpc) is 2.62. The molecule has 0 spiro atoms. The first-order valence-electron chi connectivity index (χ1n) is 4.38. The third kappa shape index (κ3) is 1.19. The molecular weight excluding hydrogens is 200 g/mol. The van der Waals surface area contributed by atoms with Gasteiger partial charge in [-0.05, 0) is 12.5 Å². The van der Waals surface area contributed by atoms with E-state index < -0.39 is 0 Å². The van der Waals surface area contributed by atoms with E-state index in [0.717, 1.165) is 30.0 Å². The third-order valence-electron chi connectivity index (χ3n) is 2.37. The summed E-state index contributed by atoms with van der Waals surface area (Å²) in [7, 11) is 0. The molecule has 2 aromatic rings. The number of nitrogens with zero attached hydrogens (tertiary/aromatic N) is 3. The Hall–Kier alpha value is -1.13. The lowest BCUT2D eigenvalue weighted by molar-refractivity contribution is 0.732. The number of aromatic nitrogens is 3. The van der Waals surface area contributed by atoms with Gasteiger partial charge in [-0.25, -0.2) is 9.50 Å². The van der Waals surface area contributed by atoms with E-state index in [1.54, 1.807) is 0 Å². The van der Waals surface area contributed by atoms with Crippen molar-refractivity contribution in [1.29, 1.82) is 0 Å². The van der Waals surface area contributed by atoms with E-state index >= 15 is 0 Å². The van der Waals surface area contributed by atoms with Crippen LogP contribution in [0.1, 0.15) is 16.8 Å². The van der Waals surface area contributed by atoms with Crippen LogP contribution in [0, 0.1) is 6.92 Å². The van der Waals surface area contributed by atoms with E-state index in [9.17, 15) is 0 Å². The van der Waals surface area contributed by atoms with Gasteiger partial charge in [-0.1, -0.05) is 0 Å². The van der Waals surface area contributed by atoms with Crippen LogP contribution < -0.4 is 5.32 Å². The van der Waals surface area contributed by atoms with Crippen LogP contribution in [0.5, 0.6) is 0 Å². The molecule has 0 aromatic carbocycles. The van der Waals surface area contributed by atoms with Gasteiger partial charge in [-0.2, -0.15) is 5.10 Å². The summed E-state index contributed by atoms with van der Waals surface area (Å²) in [5.41, 5.74) is 4.52. The van der Waals surface area contributed by atoms with E-state index in [4.69, 9.17) is 0 Å². The molecule has 0 unspecified atom stereocenters. The summed E-state index contributed by atoms with van der Waals surface area (Å²) in [5.74, 6) is 0. The lowest BCUT2D eigenvalue weighted by Crippen LogP contribution is -2.04. The van der Waals surface area contributed by atoms with Crippen molar-refractivity contribution in [2.24, 2.45) is 0 Å². The van der Waals surface area contributed by atoms with Gasteiger partial charge >= 0.3 is 0 Å². The molecule has 2 aromatic heterocycles. The summed E-state index contributed by atoms with van der Waals surface area (Å²) in [6, 6.07) is 0. The van der Waals surface area contributed by atoms with Gasteiger partial charge in [-0.15, -0.1) is 12.4 Å². The Kier molecular flexibility index (Phi) is 2.17. The van der Waals surface area contributed by atoms with Crippen molar-refractivity contribution in [2.45, 2.75) is 20.0 Å². The van der Waals surface area contributed by atoms with Gasteiger partial charge in [0.15, 0.2) is 5.65 Å². The normalized spacial score (nSPS) is 14.1. The Labute approximate surface area is 87.7 Å². The minimum absolute atomic E-state index is 0. The molecule has 0 aliphatic carbocycles. The summed E-state index contributed by atoms with van der Waals surface area (Å²) in [5, 5.41) is 7.70. The van der Waals surface area contributed by atoms with Gasteiger partial charge in [0.05, 0.1) is 5.69 Å². The highest BCUT2D eigenvalue weighted by molar-refractivity contribution is 5.85. The summed E-state index contributed by atoms with van der Waals surface area (Å²) >= 11 is 0. The first-order chi connectivity index (χ1) is 6.34. The van der Waals surface area contributed by atoms with Crippen molar-refractivity contribution in [2.75, 3.05) is 0 Å². The van der Waals surface area contributed by atoms with Crippen LogP contribution in [0.2, 0.25) is 0 Å². The van der Waals surface area contributed by atoms with Crippen LogP contribution >= 0.6 is 12.4 Å². The van der Waals surface area contributed by atoms with Crippen LogP contribution in [-0.2, 0) is 13.1 Å². The lowest BCUT2D eigenvalue weighted by Gasteiger charge is -1.96. The minimum atomic E-state index is 0. The fourth-order valence-electron chi connectivity index (χ4n) is 1.75. The molecule has 0 fully saturated rings. The maximum atomic E-state index is 4.45. The molecule has 0 saturated carbocycles. The van der Waals surface area contributed by atoms with E-state index in [-0.39, 0.29) is 12.4 Å². The molecule has 3 rings (SSSR count). The van der Waals surface area contributed by atoms with Gasteiger partial charge in [0.25, 0.3) is 0 Å². The van der Waals surface area contributed by atoms with Crippen molar-refractivity contribution in [3.05, 3.63) is 29.2 Å². The second kappa shape index (κ2) is 3.22. The second-order valence-electron chi connectivity index (χ2n) is 3.43. The van der Waals surface area contributed by atoms with Gasteiger partial charge in [-0.3, -0.25) is 0 Å². The minimum Gasteiger partial charge on any atom is -0.307 e. The Bertz CT molecular complexity index is 477. The maximum Gasteiger partial charge on any atom is 0.159 e. The average molecular weight is 211 g/mol. The number of rotatable bonds is 0. The van der Waals surface area contributed by atoms with Gasteiger partial charge in [0, 0.05) is 31.0 Å². The highest BCUT2D eigenvalue weighted by Crippen LogP contribution is 2.18. The molecule has 0 saturated heterocycles. The monoisotopic (exact) mass is 210 g/mol. The first-order valence-corrected chi connectivity index (χ1v) is 4.38. The fourth-order valence-corrected chi connectivity index (χ4v) is 1.75. The van der Waals surface area contributed by atoms with Crippen LogP contribution in [0.4, 0.5) is 0 Å². The van der Waals surface area contributed by atoms with Crippen molar-refractivity contribution in [3.8, 4) is 0 Å².